The number of hydrogen-bond acceptors (Lipinski definition) is 4. The first-order chi connectivity index (χ1) is 6.20. The first-order valence-corrected chi connectivity index (χ1v) is 3.76. The fourth-order valence-electron chi connectivity index (χ4n) is 0.621. The zero-order valence-electron chi connectivity index (χ0n) is 6.63. The van der Waals surface area contributed by atoms with Crippen LogP contribution < -0.4 is 4.65 Å². The van der Waals surface area contributed by atoms with Gasteiger partial charge in [0.25, 0.3) is 0 Å². The van der Waals surface area contributed by atoms with Crippen molar-refractivity contribution in [3.63, 3.8) is 0 Å². The van der Waals surface area contributed by atoms with Crippen molar-refractivity contribution in [1.29, 1.82) is 0 Å². The molecule has 70 valence electrons. The number of carbonyl (C=O) groups excluding carboxylic acids is 1. The van der Waals surface area contributed by atoms with E-state index in [-0.39, 0.29) is 5.75 Å². The molecule has 0 aliphatic carbocycles. The number of para-hydroxylation sites is 1. The van der Waals surface area contributed by atoms with Crippen LogP contribution in [0.4, 0.5) is 0 Å². The fourth-order valence-corrected chi connectivity index (χ4v) is 0.621. The Hall–Kier alpha value is -1.04. The van der Waals surface area contributed by atoms with E-state index in [1.165, 1.54) is 0 Å². The van der Waals surface area contributed by atoms with Gasteiger partial charge in [-0.2, -0.15) is 0 Å². The van der Waals surface area contributed by atoms with E-state index in [1.54, 1.807) is 24.3 Å². The van der Waals surface area contributed by atoms with Gasteiger partial charge in [0, 0.05) is 0 Å². The van der Waals surface area contributed by atoms with Crippen LogP contribution in [0.15, 0.2) is 30.3 Å². The minimum absolute atomic E-state index is 0.222. The topological polar surface area (TPSA) is 66.8 Å². The number of rotatable bonds is 2. The van der Waals surface area contributed by atoms with E-state index in [0.717, 1.165) is 0 Å². The highest BCUT2D eigenvalue weighted by molar-refractivity contribution is 6.54. The van der Waals surface area contributed by atoms with Gasteiger partial charge in [0.2, 0.25) is 5.75 Å². The molecule has 0 aliphatic rings. The maximum absolute atomic E-state index is 8.57. The zero-order valence-corrected chi connectivity index (χ0v) is 7.39. The zero-order chi connectivity index (χ0) is 10.1. The molecule has 0 aliphatic heterocycles. The first kappa shape index (κ1) is 12.0. The Bertz CT molecular complexity index is 229. The molecule has 0 fully saturated rings. The molecule has 4 nitrogen and oxygen atoms in total. The molecule has 0 saturated carbocycles. The van der Waals surface area contributed by atoms with Crippen LogP contribution in [0, 0.1) is 0 Å². The second kappa shape index (κ2) is 7.61. The molecule has 1 rings (SSSR count). The van der Waals surface area contributed by atoms with E-state index in [9.17, 15) is 0 Å². The van der Waals surface area contributed by atoms with E-state index in [1.807, 2.05) is 6.07 Å². The van der Waals surface area contributed by atoms with Crippen molar-refractivity contribution in [3.05, 3.63) is 30.3 Å². The predicted octanol–water partition coefficient (Wildman–Crippen LogP) is 0.450. The smallest absolute Gasteiger partial charge is 0.512 e. The summed E-state index contributed by atoms with van der Waals surface area (Å²) < 4.78 is 4.53. The summed E-state index contributed by atoms with van der Waals surface area (Å²) in [4.78, 5) is 8.57. The Morgan fingerprint density at radius 3 is 2.15 bits per heavy atom. The van der Waals surface area contributed by atoms with Crippen LogP contribution in [0.5, 0.6) is 5.75 Å². The molecule has 0 unspecified atom stereocenters. The van der Waals surface area contributed by atoms with Gasteiger partial charge in [0.1, 0.15) is 5.75 Å². The molecule has 1 aromatic carbocycles. The molecular formula is C7H8BClO4. The van der Waals surface area contributed by atoms with Gasteiger partial charge in [-0.05, 0) is 23.7 Å². The lowest BCUT2D eigenvalue weighted by atomic mass is 10.2. The molecule has 0 amide bonds. The highest BCUT2D eigenvalue weighted by Crippen LogP contribution is 2.07. The number of carbonyl (C=O) groups is 1. The maximum atomic E-state index is 8.57. The third kappa shape index (κ3) is 7.33. The van der Waals surface area contributed by atoms with Crippen molar-refractivity contribution in [3.8, 4) is 5.75 Å². The van der Waals surface area contributed by atoms with Crippen LogP contribution in [-0.2, 0) is 4.79 Å². The molecule has 0 saturated heterocycles. The third-order valence-corrected chi connectivity index (χ3v) is 0.985. The van der Waals surface area contributed by atoms with Crippen LogP contribution in [0.25, 0.3) is 0 Å². The lowest BCUT2D eigenvalue weighted by Gasteiger charge is -2.01. The van der Waals surface area contributed by atoms with Crippen LogP contribution in [-0.4, -0.2) is 23.1 Å². The Morgan fingerprint density at radius 2 is 1.77 bits per heavy atom. The lowest BCUT2D eigenvalue weighted by Crippen LogP contribution is -2.20. The molecule has 0 radical (unpaired) electrons. The lowest BCUT2D eigenvalue weighted by molar-refractivity contribution is 0.288. The average molecular weight is 202 g/mol. The molecule has 0 atom stereocenters. The summed E-state index contributed by atoms with van der Waals surface area (Å²) in [5, 5.41) is 16.7. The molecule has 6 heteroatoms. The van der Waals surface area contributed by atoms with Gasteiger partial charge >= 0.3 is 7.32 Å². The van der Waals surface area contributed by atoms with Crippen molar-refractivity contribution >= 4 is 24.7 Å². The third-order valence-electron chi connectivity index (χ3n) is 0.985. The quantitative estimate of drug-likeness (QED) is 0.415. The minimum atomic E-state index is -1.73. The summed E-state index contributed by atoms with van der Waals surface area (Å²) in [5.41, 5.74) is 0. The SMILES string of the molecule is O=CCl.OB(O)Oc1ccccc1. The van der Waals surface area contributed by atoms with Crippen molar-refractivity contribution in [2.45, 2.75) is 0 Å². The van der Waals surface area contributed by atoms with Gasteiger partial charge in [-0.3, -0.25) is 4.79 Å². The monoisotopic (exact) mass is 202 g/mol. The number of benzene rings is 1. The molecule has 0 heterocycles. The molecule has 1 aromatic rings. The van der Waals surface area contributed by atoms with Crippen molar-refractivity contribution in [1.82, 2.24) is 0 Å². The van der Waals surface area contributed by atoms with Gasteiger partial charge in [-0.1, -0.05) is 18.2 Å². The molecule has 0 spiro atoms. The summed E-state index contributed by atoms with van der Waals surface area (Å²) in [7, 11) is -1.73. The summed E-state index contributed by atoms with van der Waals surface area (Å²) in [6, 6.07) is 8.59. The highest BCUT2D eigenvalue weighted by Gasteiger charge is 2.09. The van der Waals surface area contributed by atoms with Crippen molar-refractivity contribution < 1.29 is 19.5 Å². The minimum Gasteiger partial charge on any atom is -0.512 e. The van der Waals surface area contributed by atoms with E-state index < -0.39 is 7.32 Å². The molecular weight excluding hydrogens is 194 g/mol. The average Bonchev–Trinajstić information content (AvgIpc) is 2.06. The molecule has 2 N–H and O–H groups in total. The highest BCUT2D eigenvalue weighted by atomic mass is 35.5. The van der Waals surface area contributed by atoms with Gasteiger partial charge in [0.05, 0.1) is 0 Å². The Kier molecular flexibility index (Phi) is 7.00. The largest absolute Gasteiger partial charge is 0.707 e. The maximum Gasteiger partial charge on any atom is 0.707 e. The van der Waals surface area contributed by atoms with Gasteiger partial charge < -0.3 is 14.7 Å². The van der Waals surface area contributed by atoms with Gasteiger partial charge in [-0.15, -0.1) is 0 Å². The van der Waals surface area contributed by atoms with Crippen LogP contribution in [0.2, 0.25) is 0 Å². The normalized spacial score (nSPS) is 7.92. The Balaban J connectivity index is 0.000000424. The van der Waals surface area contributed by atoms with E-state index in [0.29, 0.717) is 5.75 Å². The Labute approximate surface area is 80.9 Å². The molecule has 13 heavy (non-hydrogen) atoms. The summed E-state index contributed by atoms with van der Waals surface area (Å²) in [6.07, 6.45) is 0. The number of halogens is 1. The Morgan fingerprint density at radius 1 is 1.31 bits per heavy atom. The van der Waals surface area contributed by atoms with Gasteiger partial charge in [0.15, 0.2) is 0 Å². The van der Waals surface area contributed by atoms with Gasteiger partial charge in [-0.25, -0.2) is 0 Å². The standard InChI is InChI=1S/C6H7BO3.CHClO/c8-7(9)10-6-4-2-1-3-5-6;2-1-3/h1-5,8-9H;1H. The summed E-state index contributed by atoms with van der Waals surface area (Å²) in [6.45, 7) is 0. The van der Waals surface area contributed by atoms with E-state index in [2.05, 4.69) is 16.3 Å². The summed E-state index contributed by atoms with van der Waals surface area (Å²) >= 11 is 4.32. The molecule has 0 aromatic heterocycles. The van der Waals surface area contributed by atoms with Crippen LogP contribution in [0.1, 0.15) is 0 Å². The van der Waals surface area contributed by atoms with Crippen molar-refractivity contribution in [2.24, 2.45) is 0 Å². The second-order valence-corrected chi connectivity index (χ2v) is 2.02. The predicted molar refractivity (Wildman–Crippen MR) is 49.9 cm³/mol. The first-order valence-electron chi connectivity index (χ1n) is 3.32. The van der Waals surface area contributed by atoms with E-state index >= 15 is 0 Å². The van der Waals surface area contributed by atoms with E-state index in [4.69, 9.17) is 14.8 Å². The fraction of sp³-hybridized carbons (Fsp3) is 0. The number of hydrogen-bond donors (Lipinski definition) is 2. The van der Waals surface area contributed by atoms with Crippen LogP contribution >= 0.6 is 11.6 Å². The molecule has 0 bridgehead atoms. The van der Waals surface area contributed by atoms with Crippen LogP contribution in [0.3, 0.4) is 0 Å². The second-order valence-electron chi connectivity index (χ2n) is 1.85. The van der Waals surface area contributed by atoms with Crippen molar-refractivity contribution in [2.75, 3.05) is 0 Å². The summed E-state index contributed by atoms with van der Waals surface area (Å²) in [5.74, 6) is 0.664.